The van der Waals surface area contributed by atoms with Crippen molar-refractivity contribution in [2.45, 2.75) is 39.7 Å². The topological polar surface area (TPSA) is 32.7 Å². The predicted octanol–water partition coefficient (Wildman–Crippen LogP) is 3.08. The van der Waals surface area contributed by atoms with Crippen LogP contribution in [-0.4, -0.2) is 36.8 Å². The van der Waals surface area contributed by atoms with Gasteiger partial charge in [-0.2, -0.15) is 0 Å². The minimum Gasteiger partial charge on any atom is -0.496 e. The zero-order valence-corrected chi connectivity index (χ0v) is 13.1. The zero-order chi connectivity index (χ0) is 14.7. The second-order valence-corrected chi connectivity index (χ2v) is 6.18. The van der Waals surface area contributed by atoms with Crippen molar-refractivity contribution < 1.29 is 9.84 Å². The maximum Gasteiger partial charge on any atom is 0.124 e. The molecule has 2 rings (SSSR count). The summed E-state index contributed by atoms with van der Waals surface area (Å²) in [5.74, 6) is 1.62. The van der Waals surface area contributed by atoms with Gasteiger partial charge in [0.2, 0.25) is 0 Å². The standard InChI is InChI=1S/C17H27NO2/c1-12-5-7-18(8-6-12)11-16(19)15-9-13(2)14(3)10-17(15)20-4/h9-10,12,16,19H,5-8,11H2,1-4H3. The van der Waals surface area contributed by atoms with Crippen LogP contribution in [-0.2, 0) is 0 Å². The van der Waals surface area contributed by atoms with E-state index in [9.17, 15) is 5.11 Å². The van der Waals surface area contributed by atoms with Crippen molar-refractivity contribution in [1.82, 2.24) is 4.90 Å². The molecule has 3 nitrogen and oxygen atoms in total. The lowest BCUT2D eigenvalue weighted by Gasteiger charge is -2.32. The van der Waals surface area contributed by atoms with Crippen molar-refractivity contribution in [2.75, 3.05) is 26.7 Å². The number of β-amino-alcohol motifs (C(OH)–C–C–N with tert-alkyl or cyclic N) is 1. The Morgan fingerprint density at radius 1 is 1.25 bits per heavy atom. The molecule has 0 spiro atoms. The molecule has 1 aromatic carbocycles. The second-order valence-electron chi connectivity index (χ2n) is 6.18. The first-order valence-corrected chi connectivity index (χ1v) is 7.56. The third kappa shape index (κ3) is 3.53. The fourth-order valence-corrected chi connectivity index (χ4v) is 2.84. The van der Waals surface area contributed by atoms with Crippen LogP contribution < -0.4 is 4.74 Å². The normalized spacial score (nSPS) is 19.1. The Kier molecular flexibility index (Phi) is 5.06. The van der Waals surface area contributed by atoms with Gasteiger partial charge in [0.15, 0.2) is 0 Å². The maximum absolute atomic E-state index is 10.5. The summed E-state index contributed by atoms with van der Waals surface area (Å²) in [4.78, 5) is 2.36. The molecule has 0 aromatic heterocycles. The molecule has 112 valence electrons. The number of methoxy groups -OCH3 is 1. The number of benzene rings is 1. The molecular weight excluding hydrogens is 250 g/mol. The molecule has 1 unspecified atom stereocenters. The Labute approximate surface area is 122 Å². The van der Waals surface area contributed by atoms with Crippen molar-refractivity contribution in [3.05, 3.63) is 28.8 Å². The number of hydrogen-bond acceptors (Lipinski definition) is 3. The average Bonchev–Trinajstić information content (AvgIpc) is 2.43. The van der Waals surface area contributed by atoms with Crippen molar-refractivity contribution in [3.63, 3.8) is 0 Å². The van der Waals surface area contributed by atoms with E-state index < -0.39 is 6.10 Å². The van der Waals surface area contributed by atoms with Gasteiger partial charge < -0.3 is 14.7 Å². The number of hydrogen-bond donors (Lipinski definition) is 1. The number of nitrogens with zero attached hydrogens (tertiary/aromatic N) is 1. The first kappa shape index (κ1) is 15.3. The van der Waals surface area contributed by atoms with Gasteiger partial charge in [-0.25, -0.2) is 0 Å². The highest BCUT2D eigenvalue weighted by molar-refractivity contribution is 5.43. The number of aliphatic hydroxyl groups is 1. The van der Waals surface area contributed by atoms with Crippen molar-refractivity contribution in [2.24, 2.45) is 5.92 Å². The number of ether oxygens (including phenoxy) is 1. The predicted molar refractivity (Wildman–Crippen MR) is 82.3 cm³/mol. The molecule has 0 amide bonds. The van der Waals surface area contributed by atoms with Gasteiger partial charge in [0.05, 0.1) is 13.2 Å². The third-order valence-electron chi connectivity index (χ3n) is 4.51. The third-order valence-corrected chi connectivity index (χ3v) is 4.51. The molecular formula is C17H27NO2. The summed E-state index contributed by atoms with van der Waals surface area (Å²) >= 11 is 0. The summed E-state index contributed by atoms with van der Waals surface area (Å²) in [6, 6.07) is 4.08. The summed E-state index contributed by atoms with van der Waals surface area (Å²) < 4.78 is 5.43. The number of piperidine rings is 1. The highest BCUT2D eigenvalue weighted by Crippen LogP contribution is 2.29. The first-order valence-electron chi connectivity index (χ1n) is 7.56. The van der Waals surface area contributed by atoms with E-state index in [1.807, 2.05) is 6.07 Å². The van der Waals surface area contributed by atoms with E-state index in [1.165, 1.54) is 24.0 Å². The van der Waals surface area contributed by atoms with Crippen LogP contribution in [0.4, 0.5) is 0 Å². The highest BCUT2D eigenvalue weighted by atomic mass is 16.5. The summed E-state index contributed by atoms with van der Waals surface area (Å²) in [5.41, 5.74) is 3.31. The summed E-state index contributed by atoms with van der Waals surface area (Å²) in [7, 11) is 1.67. The fourth-order valence-electron chi connectivity index (χ4n) is 2.84. The van der Waals surface area contributed by atoms with E-state index in [0.29, 0.717) is 6.54 Å². The van der Waals surface area contributed by atoms with Crippen LogP contribution in [0.3, 0.4) is 0 Å². The van der Waals surface area contributed by atoms with E-state index in [2.05, 4.69) is 31.7 Å². The van der Waals surface area contributed by atoms with Gasteiger partial charge in [0.1, 0.15) is 5.75 Å². The lowest BCUT2D eigenvalue weighted by Crippen LogP contribution is -2.36. The fraction of sp³-hybridized carbons (Fsp3) is 0.647. The minimum atomic E-state index is -0.474. The quantitative estimate of drug-likeness (QED) is 0.918. The molecule has 1 N–H and O–H groups in total. The van der Waals surface area contributed by atoms with Gasteiger partial charge in [-0.15, -0.1) is 0 Å². The van der Waals surface area contributed by atoms with Crippen LogP contribution in [0.25, 0.3) is 0 Å². The van der Waals surface area contributed by atoms with E-state index in [4.69, 9.17) is 4.74 Å². The highest BCUT2D eigenvalue weighted by Gasteiger charge is 2.21. The molecule has 0 radical (unpaired) electrons. The van der Waals surface area contributed by atoms with Gasteiger partial charge >= 0.3 is 0 Å². The van der Waals surface area contributed by atoms with E-state index in [0.717, 1.165) is 30.3 Å². The van der Waals surface area contributed by atoms with Crippen molar-refractivity contribution in [3.8, 4) is 5.75 Å². The Bertz CT molecular complexity index is 451. The molecule has 1 aliphatic rings. The van der Waals surface area contributed by atoms with Gasteiger partial charge in [0.25, 0.3) is 0 Å². The summed E-state index contributed by atoms with van der Waals surface area (Å²) in [6.45, 7) is 9.33. The first-order chi connectivity index (χ1) is 9.51. The van der Waals surface area contributed by atoms with Crippen LogP contribution in [0.15, 0.2) is 12.1 Å². The average molecular weight is 277 g/mol. The minimum absolute atomic E-state index is 0.474. The van der Waals surface area contributed by atoms with Gasteiger partial charge in [0, 0.05) is 12.1 Å². The largest absolute Gasteiger partial charge is 0.496 e. The molecule has 1 fully saturated rings. The van der Waals surface area contributed by atoms with Crippen LogP contribution in [0.5, 0.6) is 5.75 Å². The van der Waals surface area contributed by atoms with Gasteiger partial charge in [-0.3, -0.25) is 0 Å². The molecule has 0 saturated carbocycles. The molecule has 0 bridgehead atoms. The van der Waals surface area contributed by atoms with Gasteiger partial charge in [-0.05, 0) is 69.0 Å². The molecule has 3 heteroatoms. The van der Waals surface area contributed by atoms with E-state index >= 15 is 0 Å². The number of aryl methyl sites for hydroxylation is 2. The van der Waals surface area contributed by atoms with Crippen molar-refractivity contribution >= 4 is 0 Å². The molecule has 1 heterocycles. The molecule has 1 saturated heterocycles. The molecule has 1 atom stereocenters. The lowest BCUT2D eigenvalue weighted by molar-refractivity contribution is 0.0898. The second kappa shape index (κ2) is 6.59. The number of likely N-dealkylation sites (tertiary alicyclic amines) is 1. The Hall–Kier alpha value is -1.06. The molecule has 1 aromatic rings. The Morgan fingerprint density at radius 2 is 1.85 bits per heavy atom. The SMILES string of the molecule is COc1cc(C)c(C)cc1C(O)CN1CCC(C)CC1. The summed E-state index contributed by atoms with van der Waals surface area (Å²) in [5, 5.41) is 10.5. The van der Waals surface area contributed by atoms with E-state index in [1.54, 1.807) is 7.11 Å². The van der Waals surface area contributed by atoms with Crippen LogP contribution in [0.1, 0.15) is 42.6 Å². The van der Waals surface area contributed by atoms with Crippen molar-refractivity contribution in [1.29, 1.82) is 0 Å². The lowest BCUT2D eigenvalue weighted by atomic mass is 9.97. The number of aliphatic hydroxyl groups excluding tert-OH is 1. The Morgan fingerprint density at radius 3 is 2.45 bits per heavy atom. The zero-order valence-electron chi connectivity index (χ0n) is 13.1. The summed E-state index contributed by atoms with van der Waals surface area (Å²) in [6.07, 6.45) is 1.99. The molecule has 1 aliphatic heterocycles. The maximum atomic E-state index is 10.5. The van der Waals surface area contributed by atoms with Gasteiger partial charge in [-0.1, -0.05) is 6.92 Å². The van der Waals surface area contributed by atoms with Crippen LogP contribution >= 0.6 is 0 Å². The molecule has 0 aliphatic carbocycles. The Balaban J connectivity index is 2.08. The number of rotatable bonds is 4. The molecule has 20 heavy (non-hydrogen) atoms. The van der Waals surface area contributed by atoms with Crippen LogP contribution in [0.2, 0.25) is 0 Å². The van der Waals surface area contributed by atoms with E-state index in [-0.39, 0.29) is 0 Å². The smallest absolute Gasteiger partial charge is 0.124 e. The van der Waals surface area contributed by atoms with Crippen LogP contribution in [0, 0.1) is 19.8 Å². The monoisotopic (exact) mass is 277 g/mol.